The highest BCUT2D eigenvalue weighted by Gasteiger charge is 2.17. The van der Waals surface area contributed by atoms with Gasteiger partial charge in [0.1, 0.15) is 17.5 Å². The number of hydrogen-bond donors (Lipinski definition) is 1. The molecule has 1 unspecified atom stereocenters. The van der Waals surface area contributed by atoms with Crippen molar-refractivity contribution in [3.8, 4) is 5.69 Å². The lowest BCUT2D eigenvalue weighted by atomic mass is 10.0. The van der Waals surface area contributed by atoms with E-state index in [1.54, 1.807) is 42.6 Å². The summed E-state index contributed by atoms with van der Waals surface area (Å²) in [4.78, 5) is 16.5. The van der Waals surface area contributed by atoms with Crippen LogP contribution in [0.2, 0.25) is 0 Å². The lowest BCUT2D eigenvalue weighted by Gasteiger charge is -2.12. The minimum Gasteiger partial charge on any atom is -0.382 e. The number of fused-ring (bicyclic) bond motifs is 1. The SMILES string of the molecule is Cn1cc(-n2ccc(=O)c(C(O)c3ccc4ncccc4c3)n2)cn1. The van der Waals surface area contributed by atoms with Crippen LogP contribution in [0.4, 0.5) is 0 Å². The van der Waals surface area contributed by atoms with Crippen molar-refractivity contribution in [3.05, 3.63) is 82.7 Å². The topological polar surface area (TPSA) is 85.8 Å². The molecule has 7 nitrogen and oxygen atoms in total. The summed E-state index contributed by atoms with van der Waals surface area (Å²) in [5.74, 6) is 0. The molecule has 0 bridgehead atoms. The Hall–Kier alpha value is -3.32. The summed E-state index contributed by atoms with van der Waals surface area (Å²) in [7, 11) is 1.80. The van der Waals surface area contributed by atoms with Gasteiger partial charge in [0.15, 0.2) is 0 Å². The fourth-order valence-electron chi connectivity index (χ4n) is 2.70. The first-order chi connectivity index (χ1) is 12.1. The van der Waals surface area contributed by atoms with Crippen molar-refractivity contribution >= 4 is 10.9 Å². The van der Waals surface area contributed by atoms with Gasteiger partial charge in [0, 0.05) is 30.9 Å². The van der Waals surface area contributed by atoms with Gasteiger partial charge in [-0.05, 0) is 23.8 Å². The summed E-state index contributed by atoms with van der Waals surface area (Å²) in [5, 5.41) is 20.0. The number of benzene rings is 1. The third kappa shape index (κ3) is 2.81. The molecule has 4 rings (SSSR count). The third-order valence-electron chi connectivity index (χ3n) is 3.99. The van der Waals surface area contributed by atoms with Gasteiger partial charge in [0.05, 0.1) is 17.9 Å². The Balaban J connectivity index is 1.78. The van der Waals surface area contributed by atoms with E-state index in [1.165, 1.54) is 10.7 Å². The van der Waals surface area contributed by atoms with Crippen molar-refractivity contribution in [2.24, 2.45) is 7.05 Å². The van der Waals surface area contributed by atoms with Crippen molar-refractivity contribution in [1.29, 1.82) is 0 Å². The van der Waals surface area contributed by atoms with Crippen LogP contribution in [0.25, 0.3) is 16.6 Å². The molecule has 0 aliphatic carbocycles. The fraction of sp³-hybridized carbons (Fsp3) is 0.111. The zero-order valence-electron chi connectivity index (χ0n) is 13.4. The average molecular weight is 333 g/mol. The van der Waals surface area contributed by atoms with Crippen LogP contribution in [0.5, 0.6) is 0 Å². The molecule has 25 heavy (non-hydrogen) atoms. The molecule has 0 aliphatic heterocycles. The Labute approximate surface area is 142 Å². The van der Waals surface area contributed by atoms with E-state index in [0.717, 1.165) is 10.9 Å². The van der Waals surface area contributed by atoms with Gasteiger partial charge in [-0.15, -0.1) is 0 Å². The number of aryl methyl sites for hydroxylation is 1. The molecule has 4 aromatic rings. The van der Waals surface area contributed by atoms with E-state index in [2.05, 4.69) is 15.2 Å². The molecule has 0 radical (unpaired) electrons. The monoisotopic (exact) mass is 333 g/mol. The van der Waals surface area contributed by atoms with Gasteiger partial charge in [0.25, 0.3) is 0 Å². The number of nitrogens with zero attached hydrogens (tertiary/aromatic N) is 5. The average Bonchev–Trinajstić information content (AvgIpc) is 3.07. The number of rotatable bonds is 3. The molecule has 124 valence electrons. The van der Waals surface area contributed by atoms with Crippen LogP contribution in [0.15, 0.2) is 66.0 Å². The maximum Gasteiger partial charge on any atom is 0.206 e. The second-order valence-corrected chi connectivity index (χ2v) is 5.74. The van der Waals surface area contributed by atoms with Crippen LogP contribution in [-0.2, 0) is 7.05 Å². The number of pyridine rings is 1. The Morgan fingerprint density at radius 1 is 1.20 bits per heavy atom. The molecule has 0 fully saturated rings. The third-order valence-corrected chi connectivity index (χ3v) is 3.99. The zero-order chi connectivity index (χ0) is 17.4. The number of aliphatic hydroxyl groups is 1. The van der Waals surface area contributed by atoms with Gasteiger partial charge in [-0.25, -0.2) is 4.68 Å². The summed E-state index contributed by atoms with van der Waals surface area (Å²) in [5.41, 5.74) is 1.87. The van der Waals surface area contributed by atoms with Crippen LogP contribution >= 0.6 is 0 Å². The first kappa shape index (κ1) is 15.2. The standard InChI is InChI=1S/C18H15N5O2/c1-22-11-14(10-20-22)23-8-6-16(24)17(21-23)18(25)13-4-5-15-12(9-13)3-2-7-19-15/h2-11,18,25H,1H3. The predicted molar refractivity (Wildman–Crippen MR) is 92.4 cm³/mol. The maximum atomic E-state index is 12.2. The molecule has 3 aromatic heterocycles. The number of aromatic nitrogens is 5. The molecule has 7 heteroatoms. The van der Waals surface area contributed by atoms with Crippen LogP contribution in [-0.4, -0.2) is 29.7 Å². The van der Waals surface area contributed by atoms with E-state index < -0.39 is 6.10 Å². The predicted octanol–water partition coefficient (Wildman–Crippen LogP) is 1.60. The van der Waals surface area contributed by atoms with Crippen molar-refractivity contribution < 1.29 is 5.11 Å². The lowest BCUT2D eigenvalue weighted by Crippen LogP contribution is -2.19. The fourth-order valence-corrected chi connectivity index (χ4v) is 2.70. The Morgan fingerprint density at radius 2 is 2.08 bits per heavy atom. The van der Waals surface area contributed by atoms with Gasteiger partial charge in [-0.3, -0.25) is 14.5 Å². The van der Waals surface area contributed by atoms with Crippen molar-refractivity contribution in [2.45, 2.75) is 6.10 Å². The quantitative estimate of drug-likeness (QED) is 0.615. The molecule has 1 atom stereocenters. The molecule has 3 heterocycles. The summed E-state index contributed by atoms with van der Waals surface area (Å²) < 4.78 is 3.16. The van der Waals surface area contributed by atoms with E-state index in [9.17, 15) is 9.90 Å². The molecule has 0 spiro atoms. The van der Waals surface area contributed by atoms with Gasteiger partial charge < -0.3 is 5.11 Å². The van der Waals surface area contributed by atoms with Crippen LogP contribution in [0.3, 0.4) is 0 Å². The van der Waals surface area contributed by atoms with Gasteiger partial charge in [-0.1, -0.05) is 12.1 Å². The highest BCUT2D eigenvalue weighted by Crippen LogP contribution is 2.22. The highest BCUT2D eigenvalue weighted by molar-refractivity contribution is 5.79. The van der Waals surface area contributed by atoms with Gasteiger partial charge in [0.2, 0.25) is 5.43 Å². The first-order valence-electron chi connectivity index (χ1n) is 7.73. The second kappa shape index (κ2) is 5.95. The summed E-state index contributed by atoms with van der Waals surface area (Å²) in [6.45, 7) is 0. The molecule has 0 amide bonds. The van der Waals surface area contributed by atoms with Gasteiger partial charge >= 0.3 is 0 Å². The van der Waals surface area contributed by atoms with Crippen molar-refractivity contribution in [1.82, 2.24) is 24.5 Å². The van der Waals surface area contributed by atoms with Crippen LogP contribution < -0.4 is 5.43 Å². The maximum absolute atomic E-state index is 12.2. The molecule has 0 saturated heterocycles. The van der Waals surface area contributed by atoms with Crippen molar-refractivity contribution in [3.63, 3.8) is 0 Å². The second-order valence-electron chi connectivity index (χ2n) is 5.74. The molecule has 1 N–H and O–H groups in total. The van der Waals surface area contributed by atoms with E-state index in [-0.39, 0.29) is 11.1 Å². The van der Waals surface area contributed by atoms with Crippen LogP contribution in [0, 0.1) is 0 Å². The highest BCUT2D eigenvalue weighted by atomic mass is 16.3. The molecular formula is C18H15N5O2. The molecule has 0 saturated carbocycles. The number of hydrogen-bond acceptors (Lipinski definition) is 5. The summed E-state index contributed by atoms with van der Waals surface area (Å²) in [6.07, 6.45) is 5.55. The summed E-state index contributed by atoms with van der Waals surface area (Å²) in [6, 6.07) is 10.5. The zero-order valence-corrected chi connectivity index (χ0v) is 13.4. The Kier molecular flexibility index (Phi) is 3.62. The van der Waals surface area contributed by atoms with E-state index >= 15 is 0 Å². The molecular weight excluding hydrogens is 318 g/mol. The summed E-state index contributed by atoms with van der Waals surface area (Å²) >= 11 is 0. The van der Waals surface area contributed by atoms with E-state index in [4.69, 9.17) is 0 Å². The Morgan fingerprint density at radius 3 is 2.88 bits per heavy atom. The lowest BCUT2D eigenvalue weighted by molar-refractivity contribution is 0.212. The van der Waals surface area contributed by atoms with Crippen LogP contribution in [0.1, 0.15) is 17.4 Å². The normalized spacial score (nSPS) is 12.4. The first-order valence-corrected chi connectivity index (χ1v) is 7.73. The van der Waals surface area contributed by atoms with Gasteiger partial charge in [-0.2, -0.15) is 10.2 Å². The largest absolute Gasteiger partial charge is 0.382 e. The van der Waals surface area contributed by atoms with E-state index in [1.807, 2.05) is 24.3 Å². The smallest absolute Gasteiger partial charge is 0.206 e. The molecule has 0 aliphatic rings. The Bertz CT molecular complexity index is 1120. The minimum atomic E-state index is -1.12. The van der Waals surface area contributed by atoms with E-state index in [0.29, 0.717) is 11.3 Å². The number of aliphatic hydroxyl groups excluding tert-OH is 1. The minimum absolute atomic E-state index is 0.0644. The van der Waals surface area contributed by atoms with Crippen molar-refractivity contribution in [2.75, 3.05) is 0 Å². The molecule has 1 aromatic carbocycles.